The highest BCUT2D eigenvalue weighted by atomic mass is 127. The smallest absolute Gasteiger partial charge is 0.418 e. The molecule has 0 radical (unpaired) electrons. The normalized spacial score (nSPS) is 19.2. The van der Waals surface area contributed by atoms with Gasteiger partial charge in [-0.15, -0.1) is 0 Å². The average molecular weight is 456 g/mol. The molecule has 9 nitrogen and oxygen atoms in total. The fourth-order valence-electron chi connectivity index (χ4n) is 2.31. The molecule has 1 aliphatic heterocycles. The van der Waals surface area contributed by atoms with Crippen LogP contribution in [0.1, 0.15) is 27.2 Å². The first-order valence-corrected chi connectivity index (χ1v) is 9.08. The number of carbonyl (C=O) groups is 4. The topological polar surface area (TPSA) is 111 Å². The van der Waals surface area contributed by atoms with E-state index in [1.165, 1.54) is 0 Å². The van der Waals surface area contributed by atoms with Gasteiger partial charge in [-0.1, -0.05) is 22.6 Å². The van der Waals surface area contributed by atoms with E-state index in [2.05, 4.69) is 5.32 Å². The number of imide groups is 1. The Morgan fingerprint density at radius 3 is 2.04 bits per heavy atom. The summed E-state index contributed by atoms with van der Waals surface area (Å²) in [7, 11) is 0. The minimum Gasteiger partial charge on any atom is -0.464 e. The maximum Gasteiger partial charge on any atom is 0.418 e. The Morgan fingerprint density at radius 1 is 1.12 bits per heavy atom. The number of carbonyl (C=O) groups excluding carboxylic acids is 4. The van der Waals surface area contributed by atoms with E-state index in [0.29, 0.717) is 4.43 Å². The van der Waals surface area contributed by atoms with Crippen molar-refractivity contribution in [1.82, 2.24) is 10.2 Å². The van der Waals surface area contributed by atoms with Crippen molar-refractivity contribution in [2.75, 3.05) is 24.2 Å². The van der Waals surface area contributed by atoms with Crippen LogP contribution in [0, 0.1) is 0 Å². The van der Waals surface area contributed by atoms with Crippen LogP contribution in [0.15, 0.2) is 0 Å². The number of halogens is 1. The molecule has 1 fully saturated rings. The molecule has 0 aromatic heterocycles. The van der Waals surface area contributed by atoms with Crippen molar-refractivity contribution in [1.29, 1.82) is 0 Å². The number of alkyl halides is 1. The number of amides is 3. The first-order chi connectivity index (χ1) is 11.4. The van der Waals surface area contributed by atoms with Gasteiger partial charge in [-0.2, -0.15) is 0 Å². The van der Waals surface area contributed by atoms with Crippen molar-refractivity contribution < 1.29 is 33.4 Å². The van der Waals surface area contributed by atoms with Crippen LogP contribution in [0.25, 0.3) is 0 Å². The van der Waals surface area contributed by atoms with Crippen molar-refractivity contribution in [3.8, 4) is 0 Å². The predicted molar refractivity (Wildman–Crippen MR) is 90.7 cm³/mol. The SMILES string of the molecule is CCOC(=O)N1C(=O)NC(C(=O)OCC)(C(=O)OCC)CC1CI. The summed E-state index contributed by atoms with van der Waals surface area (Å²) in [6.07, 6.45) is -0.990. The maximum atomic E-state index is 12.4. The first-order valence-electron chi connectivity index (χ1n) is 7.56. The number of rotatable bonds is 6. The molecule has 1 heterocycles. The zero-order valence-corrected chi connectivity index (χ0v) is 16.0. The molecular weight excluding hydrogens is 435 g/mol. The molecule has 1 saturated heterocycles. The third-order valence-corrected chi connectivity index (χ3v) is 4.35. The minimum atomic E-state index is -1.97. The third-order valence-electron chi connectivity index (χ3n) is 3.34. The van der Waals surface area contributed by atoms with Gasteiger partial charge in [0, 0.05) is 10.8 Å². The molecule has 0 spiro atoms. The lowest BCUT2D eigenvalue weighted by molar-refractivity contribution is -0.167. The molecule has 1 atom stereocenters. The summed E-state index contributed by atoms with van der Waals surface area (Å²) in [5.41, 5.74) is -1.97. The van der Waals surface area contributed by atoms with Crippen molar-refractivity contribution in [2.24, 2.45) is 0 Å². The van der Waals surface area contributed by atoms with Gasteiger partial charge in [-0.05, 0) is 20.8 Å². The molecule has 3 amide bonds. The Morgan fingerprint density at radius 2 is 1.62 bits per heavy atom. The van der Waals surface area contributed by atoms with E-state index in [-0.39, 0.29) is 26.2 Å². The van der Waals surface area contributed by atoms with Crippen LogP contribution in [-0.4, -0.2) is 64.8 Å². The summed E-state index contributed by atoms with van der Waals surface area (Å²) < 4.78 is 15.1. The number of esters is 2. The molecule has 1 unspecified atom stereocenters. The Hall–Kier alpha value is -1.59. The summed E-state index contributed by atoms with van der Waals surface area (Å²) in [6, 6.07) is -1.62. The first kappa shape index (κ1) is 20.5. The highest BCUT2D eigenvalue weighted by Crippen LogP contribution is 2.28. The van der Waals surface area contributed by atoms with Crippen molar-refractivity contribution in [3.63, 3.8) is 0 Å². The molecule has 1 aliphatic rings. The lowest BCUT2D eigenvalue weighted by atomic mass is 9.88. The Bertz CT molecular complexity index is 493. The average Bonchev–Trinajstić information content (AvgIpc) is 2.54. The monoisotopic (exact) mass is 456 g/mol. The third kappa shape index (κ3) is 4.08. The summed E-state index contributed by atoms with van der Waals surface area (Å²) in [5, 5.41) is 2.29. The molecule has 10 heteroatoms. The number of nitrogens with one attached hydrogen (secondary N) is 1. The van der Waals surface area contributed by atoms with Crippen molar-refractivity contribution >= 4 is 46.7 Å². The largest absolute Gasteiger partial charge is 0.464 e. The van der Waals surface area contributed by atoms with E-state index in [9.17, 15) is 19.2 Å². The number of ether oxygens (including phenoxy) is 3. The summed E-state index contributed by atoms with van der Waals surface area (Å²) >= 11 is 1.97. The van der Waals surface area contributed by atoms with Crippen LogP contribution in [0.5, 0.6) is 0 Å². The molecule has 0 aliphatic carbocycles. The second-order valence-electron chi connectivity index (χ2n) is 4.86. The maximum absolute atomic E-state index is 12.4. The van der Waals surface area contributed by atoms with Crippen LogP contribution in [0.2, 0.25) is 0 Å². The molecule has 1 N–H and O–H groups in total. The van der Waals surface area contributed by atoms with Crippen LogP contribution in [0.3, 0.4) is 0 Å². The minimum absolute atomic E-state index is 0.0341. The second kappa shape index (κ2) is 9.04. The summed E-state index contributed by atoms with van der Waals surface area (Å²) in [5.74, 6) is -1.81. The standard InChI is InChI=1S/C14H21IN2O7/c1-4-22-10(18)14(11(19)23-5-2)7-9(8-15)17(12(20)16-14)13(21)24-6-3/h9H,4-8H2,1-3H3,(H,16,20). The predicted octanol–water partition coefficient (Wildman–Crippen LogP) is 1.23. The lowest BCUT2D eigenvalue weighted by Crippen LogP contribution is -2.71. The van der Waals surface area contributed by atoms with Crippen molar-refractivity contribution in [2.45, 2.75) is 38.8 Å². The lowest BCUT2D eigenvalue weighted by Gasteiger charge is -2.41. The summed E-state index contributed by atoms with van der Waals surface area (Å²) in [6.45, 7) is 4.95. The van der Waals surface area contributed by atoms with E-state index in [1.54, 1.807) is 20.8 Å². The van der Waals surface area contributed by atoms with Gasteiger partial charge >= 0.3 is 24.1 Å². The molecule has 0 aromatic carbocycles. The van der Waals surface area contributed by atoms with E-state index < -0.39 is 35.6 Å². The van der Waals surface area contributed by atoms with Gasteiger partial charge in [0.15, 0.2) is 0 Å². The molecule has 24 heavy (non-hydrogen) atoms. The highest BCUT2D eigenvalue weighted by molar-refractivity contribution is 14.1. The Labute approximate surface area is 153 Å². The number of hydrogen-bond donors (Lipinski definition) is 1. The second-order valence-corrected chi connectivity index (χ2v) is 5.74. The van der Waals surface area contributed by atoms with Gasteiger partial charge in [0.05, 0.1) is 25.9 Å². The zero-order valence-electron chi connectivity index (χ0n) is 13.8. The van der Waals surface area contributed by atoms with Crippen LogP contribution >= 0.6 is 22.6 Å². The van der Waals surface area contributed by atoms with Gasteiger partial charge in [-0.25, -0.2) is 24.1 Å². The number of urea groups is 1. The van der Waals surface area contributed by atoms with Gasteiger partial charge < -0.3 is 19.5 Å². The van der Waals surface area contributed by atoms with Gasteiger partial charge in [0.2, 0.25) is 5.54 Å². The fourth-order valence-corrected chi connectivity index (χ4v) is 3.02. The van der Waals surface area contributed by atoms with Crippen molar-refractivity contribution in [3.05, 3.63) is 0 Å². The molecule has 136 valence electrons. The van der Waals surface area contributed by atoms with Crippen LogP contribution in [0.4, 0.5) is 9.59 Å². The van der Waals surface area contributed by atoms with Gasteiger partial charge in [0.25, 0.3) is 0 Å². The Kier molecular flexibility index (Phi) is 7.70. The van der Waals surface area contributed by atoms with Gasteiger partial charge in [0.1, 0.15) is 0 Å². The van der Waals surface area contributed by atoms with E-state index in [4.69, 9.17) is 14.2 Å². The quantitative estimate of drug-likeness (QED) is 0.210. The van der Waals surface area contributed by atoms with E-state index in [0.717, 1.165) is 4.90 Å². The zero-order chi connectivity index (χ0) is 18.3. The Balaban J connectivity index is 3.20. The molecule has 0 saturated carbocycles. The number of nitrogens with zero attached hydrogens (tertiary/aromatic N) is 1. The van der Waals surface area contributed by atoms with Crippen LogP contribution < -0.4 is 5.32 Å². The molecular formula is C14H21IN2O7. The molecule has 1 rings (SSSR count). The van der Waals surface area contributed by atoms with E-state index >= 15 is 0 Å². The van der Waals surface area contributed by atoms with E-state index in [1.807, 2.05) is 22.6 Å². The fraction of sp³-hybridized carbons (Fsp3) is 0.714. The summed E-state index contributed by atoms with van der Waals surface area (Å²) in [4.78, 5) is 50.0. The number of hydrogen-bond acceptors (Lipinski definition) is 7. The molecule has 0 bridgehead atoms. The van der Waals surface area contributed by atoms with Gasteiger partial charge in [-0.3, -0.25) is 0 Å². The molecule has 0 aromatic rings. The van der Waals surface area contributed by atoms with Crippen LogP contribution in [-0.2, 0) is 23.8 Å². The highest BCUT2D eigenvalue weighted by Gasteiger charge is 2.57.